The van der Waals surface area contributed by atoms with E-state index in [1.54, 1.807) is 7.11 Å². The van der Waals surface area contributed by atoms with E-state index >= 15 is 0 Å². The molecule has 1 heterocycles. The maximum Gasteiger partial charge on any atom is 0.136 e. The van der Waals surface area contributed by atoms with Gasteiger partial charge in [-0.15, -0.1) is 0 Å². The number of benzene rings is 1. The van der Waals surface area contributed by atoms with Crippen LogP contribution in [-0.2, 0) is 6.42 Å². The van der Waals surface area contributed by atoms with Gasteiger partial charge in [0.2, 0.25) is 0 Å². The molecular formula is C17H24BrNO. The fourth-order valence-corrected chi connectivity index (χ4v) is 4.45. The minimum atomic E-state index is 0.659. The molecule has 0 spiro atoms. The Kier molecular flexibility index (Phi) is 4.67. The molecule has 0 amide bonds. The summed E-state index contributed by atoms with van der Waals surface area (Å²) in [6, 6.07) is 5.31. The van der Waals surface area contributed by atoms with Gasteiger partial charge in [0.1, 0.15) is 5.75 Å². The normalized spacial score (nSPS) is 23.4. The standard InChI is InChI=1S/C17H24BrNO/c1-20-17-15(13-5-2-3-6-13)10-12(11-16(17)18)9-14-7-4-8-19-14/h10-11,13-14,19H,2-9H2,1H3. The van der Waals surface area contributed by atoms with E-state index in [1.165, 1.54) is 56.2 Å². The molecule has 2 aliphatic rings. The lowest BCUT2D eigenvalue weighted by Crippen LogP contribution is -2.23. The monoisotopic (exact) mass is 337 g/mol. The highest BCUT2D eigenvalue weighted by atomic mass is 79.9. The Bertz CT molecular complexity index is 462. The van der Waals surface area contributed by atoms with Crippen LogP contribution in [0, 0.1) is 0 Å². The van der Waals surface area contributed by atoms with Crippen LogP contribution in [0.25, 0.3) is 0 Å². The Morgan fingerprint density at radius 2 is 2.00 bits per heavy atom. The number of hydrogen-bond acceptors (Lipinski definition) is 2. The maximum absolute atomic E-state index is 5.65. The molecular weight excluding hydrogens is 314 g/mol. The quantitative estimate of drug-likeness (QED) is 0.878. The van der Waals surface area contributed by atoms with Gasteiger partial charge in [0.05, 0.1) is 11.6 Å². The molecule has 110 valence electrons. The molecule has 1 N–H and O–H groups in total. The molecule has 0 aromatic heterocycles. The number of nitrogens with one attached hydrogen (secondary N) is 1. The molecule has 0 radical (unpaired) electrons. The zero-order valence-corrected chi connectivity index (χ0v) is 13.8. The third-order valence-corrected chi connectivity index (χ3v) is 5.36. The van der Waals surface area contributed by atoms with Crippen LogP contribution in [0.2, 0.25) is 0 Å². The van der Waals surface area contributed by atoms with Crippen molar-refractivity contribution in [1.82, 2.24) is 5.32 Å². The van der Waals surface area contributed by atoms with E-state index in [1.807, 2.05) is 0 Å². The summed E-state index contributed by atoms with van der Waals surface area (Å²) in [5.41, 5.74) is 2.87. The zero-order valence-electron chi connectivity index (χ0n) is 12.3. The molecule has 1 aliphatic heterocycles. The van der Waals surface area contributed by atoms with Crippen LogP contribution in [0.3, 0.4) is 0 Å². The van der Waals surface area contributed by atoms with E-state index in [2.05, 4.69) is 33.4 Å². The van der Waals surface area contributed by atoms with Gasteiger partial charge < -0.3 is 10.1 Å². The summed E-state index contributed by atoms with van der Waals surface area (Å²) in [5.74, 6) is 1.75. The molecule has 3 rings (SSSR count). The van der Waals surface area contributed by atoms with E-state index in [4.69, 9.17) is 4.74 Å². The largest absolute Gasteiger partial charge is 0.495 e. The molecule has 2 fully saturated rings. The average molecular weight is 338 g/mol. The van der Waals surface area contributed by atoms with Crippen molar-refractivity contribution in [3.63, 3.8) is 0 Å². The first-order chi connectivity index (χ1) is 9.78. The Balaban J connectivity index is 1.87. The van der Waals surface area contributed by atoms with Crippen LogP contribution in [0.4, 0.5) is 0 Å². The van der Waals surface area contributed by atoms with Crippen molar-refractivity contribution >= 4 is 15.9 Å². The second-order valence-electron chi connectivity index (χ2n) is 6.18. The second kappa shape index (κ2) is 6.48. The molecule has 3 heteroatoms. The van der Waals surface area contributed by atoms with Crippen molar-refractivity contribution in [3.8, 4) is 5.75 Å². The van der Waals surface area contributed by atoms with E-state index in [0.29, 0.717) is 12.0 Å². The minimum absolute atomic E-state index is 0.659. The lowest BCUT2D eigenvalue weighted by molar-refractivity contribution is 0.402. The van der Waals surface area contributed by atoms with Crippen molar-refractivity contribution in [1.29, 1.82) is 0 Å². The lowest BCUT2D eigenvalue weighted by atomic mass is 9.93. The predicted molar refractivity (Wildman–Crippen MR) is 86.6 cm³/mol. The van der Waals surface area contributed by atoms with Crippen LogP contribution in [-0.4, -0.2) is 19.7 Å². The molecule has 1 aromatic carbocycles. The number of halogens is 1. The van der Waals surface area contributed by atoms with Crippen LogP contribution < -0.4 is 10.1 Å². The molecule has 2 nitrogen and oxygen atoms in total. The first-order valence-electron chi connectivity index (χ1n) is 7.87. The molecule has 1 saturated heterocycles. The van der Waals surface area contributed by atoms with Crippen LogP contribution in [0.15, 0.2) is 16.6 Å². The first kappa shape index (κ1) is 14.4. The molecule has 0 bridgehead atoms. The third-order valence-electron chi connectivity index (χ3n) is 4.78. The van der Waals surface area contributed by atoms with E-state index in [0.717, 1.165) is 16.6 Å². The van der Waals surface area contributed by atoms with Crippen LogP contribution in [0.1, 0.15) is 55.6 Å². The number of rotatable bonds is 4. The molecule has 1 unspecified atom stereocenters. The lowest BCUT2D eigenvalue weighted by Gasteiger charge is -2.19. The summed E-state index contributed by atoms with van der Waals surface area (Å²) in [6.45, 7) is 1.18. The van der Waals surface area contributed by atoms with E-state index < -0.39 is 0 Å². The highest BCUT2D eigenvalue weighted by Gasteiger charge is 2.23. The predicted octanol–water partition coefficient (Wildman–Crippen LogP) is 4.41. The van der Waals surface area contributed by atoms with Crippen molar-refractivity contribution in [2.75, 3.05) is 13.7 Å². The Hall–Kier alpha value is -0.540. The summed E-state index contributed by atoms with van der Waals surface area (Å²) in [6.07, 6.45) is 9.11. The molecule has 1 saturated carbocycles. The van der Waals surface area contributed by atoms with Crippen LogP contribution in [0.5, 0.6) is 5.75 Å². The van der Waals surface area contributed by atoms with Gasteiger partial charge in [0.15, 0.2) is 0 Å². The fourth-order valence-electron chi connectivity index (χ4n) is 3.76. The average Bonchev–Trinajstić information content (AvgIpc) is 3.11. The third kappa shape index (κ3) is 3.04. The van der Waals surface area contributed by atoms with Crippen LogP contribution >= 0.6 is 15.9 Å². The summed E-state index contributed by atoms with van der Waals surface area (Å²) in [5, 5.41) is 3.60. The summed E-state index contributed by atoms with van der Waals surface area (Å²) in [7, 11) is 1.79. The van der Waals surface area contributed by atoms with Gasteiger partial charge in [-0.2, -0.15) is 0 Å². The molecule has 1 aliphatic carbocycles. The highest BCUT2D eigenvalue weighted by molar-refractivity contribution is 9.10. The Morgan fingerprint density at radius 3 is 2.65 bits per heavy atom. The smallest absolute Gasteiger partial charge is 0.136 e. The van der Waals surface area contributed by atoms with Gasteiger partial charge >= 0.3 is 0 Å². The zero-order chi connectivity index (χ0) is 13.9. The van der Waals surface area contributed by atoms with Crippen molar-refractivity contribution in [2.24, 2.45) is 0 Å². The van der Waals surface area contributed by atoms with Crippen molar-refractivity contribution in [3.05, 3.63) is 27.7 Å². The summed E-state index contributed by atoms with van der Waals surface area (Å²) >= 11 is 3.71. The van der Waals surface area contributed by atoms with Gasteiger partial charge in [-0.1, -0.05) is 18.9 Å². The SMILES string of the molecule is COc1c(Br)cc(CC2CCCN2)cc1C1CCCC1. The van der Waals surface area contributed by atoms with Gasteiger partial charge in [-0.3, -0.25) is 0 Å². The summed E-state index contributed by atoms with van der Waals surface area (Å²) in [4.78, 5) is 0. The van der Waals surface area contributed by atoms with E-state index in [9.17, 15) is 0 Å². The topological polar surface area (TPSA) is 21.3 Å². The fraction of sp³-hybridized carbons (Fsp3) is 0.647. The molecule has 1 atom stereocenters. The van der Waals surface area contributed by atoms with Crippen molar-refractivity contribution < 1.29 is 4.74 Å². The highest BCUT2D eigenvalue weighted by Crippen LogP contribution is 2.42. The first-order valence-corrected chi connectivity index (χ1v) is 8.67. The van der Waals surface area contributed by atoms with Gasteiger partial charge in [-0.25, -0.2) is 0 Å². The Labute approximate surface area is 130 Å². The molecule has 20 heavy (non-hydrogen) atoms. The second-order valence-corrected chi connectivity index (χ2v) is 7.03. The number of hydrogen-bond donors (Lipinski definition) is 1. The molecule has 1 aromatic rings. The number of methoxy groups -OCH3 is 1. The Morgan fingerprint density at radius 1 is 1.20 bits per heavy atom. The maximum atomic E-state index is 5.65. The van der Waals surface area contributed by atoms with Crippen molar-refractivity contribution in [2.45, 2.75) is 56.9 Å². The van der Waals surface area contributed by atoms with Gasteiger partial charge in [0.25, 0.3) is 0 Å². The summed E-state index contributed by atoms with van der Waals surface area (Å²) < 4.78 is 6.77. The minimum Gasteiger partial charge on any atom is -0.495 e. The number of ether oxygens (including phenoxy) is 1. The van der Waals surface area contributed by atoms with E-state index in [-0.39, 0.29) is 0 Å². The van der Waals surface area contributed by atoms with Gasteiger partial charge in [-0.05, 0) is 77.7 Å². The van der Waals surface area contributed by atoms with Gasteiger partial charge in [0, 0.05) is 6.04 Å².